The van der Waals surface area contributed by atoms with Crippen LogP contribution < -0.4 is 11.5 Å². The fraction of sp³-hybridized carbons (Fsp3) is 0.893. The van der Waals surface area contributed by atoms with Gasteiger partial charge in [0.25, 0.3) is 0 Å². The molecule has 0 aromatic rings. The van der Waals surface area contributed by atoms with Crippen LogP contribution in [0.4, 0.5) is 0 Å². The lowest BCUT2D eigenvalue weighted by atomic mass is 10.1. The summed E-state index contributed by atoms with van der Waals surface area (Å²) in [5.41, 5.74) is 11.2. The van der Waals surface area contributed by atoms with Gasteiger partial charge in [-0.1, -0.05) is 96.1 Å². The Morgan fingerprint density at radius 1 is 0.594 bits per heavy atom. The molecular weight excluding hydrogens is 394 g/mol. The van der Waals surface area contributed by atoms with Crippen molar-refractivity contribution in [2.75, 3.05) is 26.2 Å². The minimum Gasteiger partial charge on any atom is -0.343 e. The highest BCUT2D eigenvalue weighted by Gasteiger charge is 2.11. The van der Waals surface area contributed by atoms with Gasteiger partial charge in [-0.3, -0.25) is 4.79 Å². The fourth-order valence-electron chi connectivity index (χ4n) is 4.14. The smallest absolute Gasteiger partial charge is 0.222 e. The van der Waals surface area contributed by atoms with Crippen molar-refractivity contribution in [3.05, 3.63) is 12.2 Å². The summed E-state index contributed by atoms with van der Waals surface area (Å²) in [6, 6.07) is 0. The van der Waals surface area contributed by atoms with Gasteiger partial charge in [-0.25, -0.2) is 0 Å². The van der Waals surface area contributed by atoms with E-state index in [4.69, 9.17) is 11.5 Å². The second-order valence-electron chi connectivity index (χ2n) is 9.41. The number of hydrogen-bond acceptors (Lipinski definition) is 3. The number of allylic oxidation sites excluding steroid dienone is 2. The fourth-order valence-corrected chi connectivity index (χ4v) is 4.14. The summed E-state index contributed by atoms with van der Waals surface area (Å²) < 4.78 is 0. The molecular formula is C28H57N3O. The van der Waals surface area contributed by atoms with Crippen LogP contribution in [0.25, 0.3) is 0 Å². The van der Waals surface area contributed by atoms with Crippen molar-refractivity contribution in [1.29, 1.82) is 0 Å². The van der Waals surface area contributed by atoms with Crippen molar-refractivity contribution >= 4 is 5.91 Å². The van der Waals surface area contributed by atoms with Gasteiger partial charge < -0.3 is 16.4 Å². The van der Waals surface area contributed by atoms with Gasteiger partial charge in [-0.15, -0.1) is 0 Å². The molecule has 0 aromatic heterocycles. The number of nitrogens with zero attached hydrogens (tertiary/aromatic N) is 1. The minimum absolute atomic E-state index is 0.285. The molecule has 32 heavy (non-hydrogen) atoms. The molecule has 0 fully saturated rings. The number of unbranched alkanes of at least 4 members (excludes halogenated alkanes) is 15. The molecule has 0 aliphatic carbocycles. The molecule has 0 bridgehead atoms. The summed E-state index contributed by atoms with van der Waals surface area (Å²) in [7, 11) is 0. The van der Waals surface area contributed by atoms with Crippen LogP contribution in [0.3, 0.4) is 0 Å². The van der Waals surface area contributed by atoms with Crippen LogP contribution in [0.15, 0.2) is 12.2 Å². The van der Waals surface area contributed by atoms with Gasteiger partial charge in [0.15, 0.2) is 0 Å². The summed E-state index contributed by atoms with van der Waals surface area (Å²) in [5.74, 6) is 0.285. The molecule has 0 unspecified atom stereocenters. The molecule has 1 amide bonds. The largest absolute Gasteiger partial charge is 0.343 e. The monoisotopic (exact) mass is 451 g/mol. The summed E-state index contributed by atoms with van der Waals surface area (Å²) in [6.45, 7) is 5.13. The van der Waals surface area contributed by atoms with Crippen LogP contribution in [0.5, 0.6) is 0 Å². The number of hydrogen-bond donors (Lipinski definition) is 2. The predicted molar refractivity (Wildman–Crippen MR) is 142 cm³/mol. The lowest BCUT2D eigenvalue weighted by molar-refractivity contribution is -0.131. The number of amides is 1. The van der Waals surface area contributed by atoms with E-state index in [9.17, 15) is 4.79 Å². The van der Waals surface area contributed by atoms with E-state index in [1.165, 1.54) is 103 Å². The number of carbonyl (C=O) groups excluding carboxylic acids is 1. The van der Waals surface area contributed by atoms with E-state index in [-0.39, 0.29) is 5.91 Å². The van der Waals surface area contributed by atoms with Gasteiger partial charge in [0.05, 0.1) is 0 Å². The van der Waals surface area contributed by atoms with Gasteiger partial charge in [0.1, 0.15) is 0 Å². The van der Waals surface area contributed by atoms with Crippen LogP contribution in [-0.4, -0.2) is 37.0 Å². The number of rotatable bonds is 25. The van der Waals surface area contributed by atoms with E-state index in [1.54, 1.807) is 0 Å². The molecule has 0 aromatic carbocycles. The molecule has 4 N–H and O–H groups in total. The van der Waals surface area contributed by atoms with E-state index in [1.807, 2.05) is 4.90 Å². The average molecular weight is 452 g/mol. The molecule has 0 spiro atoms. The molecule has 0 rings (SSSR count). The summed E-state index contributed by atoms with van der Waals surface area (Å²) in [5, 5.41) is 0. The lowest BCUT2D eigenvalue weighted by Crippen LogP contribution is -2.34. The Morgan fingerprint density at radius 2 is 1.00 bits per heavy atom. The topological polar surface area (TPSA) is 72.3 Å². The van der Waals surface area contributed by atoms with Crippen molar-refractivity contribution in [2.45, 2.75) is 135 Å². The molecule has 0 aliphatic rings. The zero-order valence-electron chi connectivity index (χ0n) is 21.6. The maximum Gasteiger partial charge on any atom is 0.222 e. The van der Waals surface area contributed by atoms with E-state index < -0.39 is 0 Å². The standard InChI is InChI=1S/C28H57N3O/c1-2-3-4-5-6-7-8-9-10-11-12-13-14-15-16-17-18-19-20-23-28(32)31(26-21-24-29)27-22-25-30/h9-10H,2-8,11-27,29-30H2,1H3/b10-9-. The van der Waals surface area contributed by atoms with Crippen LogP contribution in [0, 0.1) is 0 Å². The first-order valence-electron chi connectivity index (χ1n) is 14.1. The Balaban J connectivity index is 3.41. The first-order valence-corrected chi connectivity index (χ1v) is 14.1. The molecule has 190 valence electrons. The number of carbonyl (C=O) groups is 1. The maximum absolute atomic E-state index is 12.4. The number of nitrogens with two attached hydrogens (primary N) is 2. The minimum atomic E-state index is 0.285. The Kier molecular flexibility index (Phi) is 25.7. The van der Waals surface area contributed by atoms with Crippen LogP contribution >= 0.6 is 0 Å². The first kappa shape index (κ1) is 31.1. The molecule has 0 radical (unpaired) electrons. The molecule has 0 heterocycles. The molecule has 0 atom stereocenters. The zero-order valence-corrected chi connectivity index (χ0v) is 21.6. The highest BCUT2D eigenvalue weighted by Crippen LogP contribution is 2.13. The van der Waals surface area contributed by atoms with Crippen molar-refractivity contribution in [3.63, 3.8) is 0 Å². The average Bonchev–Trinajstić information content (AvgIpc) is 2.80. The van der Waals surface area contributed by atoms with Crippen molar-refractivity contribution < 1.29 is 4.79 Å². The maximum atomic E-state index is 12.4. The van der Waals surface area contributed by atoms with Gasteiger partial charge in [0.2, 0.25) is 5.91 Å². The Labute approximate surface area is 201 Å². The van der Waals surface area contributed by atoms with Crippen molar-refractivity contribution in [2.24, 2.45) is 11.5 Å². The van der Waals surface area contributed by atoms with Crippen LogP contribution in [0.2, 0.25) is 0 Å². The second kappa shape index (κ2) is 26.4. The molecule has 0 saturated carbocycles. The Hall–Kier alpha value is -0.870. The van der Waals surface area contributed by atoms with Gasteiger partial charge in [-0.2, -0.15) is 0 Å². The molecule has 4 nitrogen and oxygen atoms in total. The summed E-state index contributed by atoms with van der Waals surface area (Å²) in [6.07, 6.45) is 29.7. The molecule has 4 heteroatoms. The van der Waals surface area contributed by atoms with Gasteiger partial charge >= 0.3 is 0 Å². The highest BCUT2D eigenvalue weighted by molar-refractivity contribution is 5.76. The van der Waals surface area contributed by atoms with Crippen molar-refractivity contribution in [3.8, 4) is 0 Å². The van der Waals surface area contributed by atoms with Crippen molar-refractivity contribution in [1.82, 2.24) is 4.90 Å². The van der Waals surface area contributed by atoms with E-state index in [0.29, 0.717) is 19.5 Å². The van der Waals surface area contributed by atoms with E-state index in [0.717, 1.165) is 32.4 Å². The Bertz CT molecular complexity index is 403. The zero-order chi connectivity index (χ0) is 23.5. The lowest BCUT2D eigenvalue weighted by Gasteiger charge is -2.22. The van der Waals surface area contributed by atoms with Crippen LogP contribution in [-0.2, 0) is 4.79 Å². The molecule has 0 saturated heterocycles. The second-order valence-corrected chi connectivity index (χ2v) is 9.41. The third-order valence-electron chi connectivity index (χ3n) is 6.27. The van der Waals surface area contributed by atoms with E-state index >= 15 is 0 Å². The highest BCUT2D eigenvalue weighted by atomic mass is 16.2. The van der Waals surface area contributed by atoms with Crippen LogP contribution in [0.1, 0.15) is 135 Å². The SMILES string of the molecule is CCCCCCCC/C=C\CCCCCCCCCCCC(=O)N(CCCN)CCCN. The van der Waals surface area contributed by atoms with Gasteiger partial charge in [0, 0.05) is 19.5 Å². The quantitative estimate of drug-likeness (QED) is 0.115. The normalized spacial score (nSPS) is 11.5. The summed E-state index contributed by atoms with van der Waals surface area (Å²) in [4.78, 5) is 14.3. The third kappa shape index (κ3) is 22.3. The predicted octanol–water partition coefficient (Wildman–Crippen LogP) is 7.11. The van der Waals surface area contributed by atoms with Gasteiger partial charge in [-0.05, 0) is 58.0 Å². The first-order chi connectivity index (χ1) is 15.8. The third-order valence-corrected chi connectivity index (χ3v) is 6.27. The van der Waals surface area contributed by atoms with E-state index in [2.05, 4.69) is 19.1 Å². The Morgan fingerprint density at radius 3 is 1.44 bits per heavy atom. The summed E-state index contributed by atoms with van der Waals surface area (Å²) >= 11 is 0. The molecule has 0 aliphatic heterocycles.